The molecule has 8 heteroatoms. The monoisotopic (exact) mass is 339 g/mol. The Balaban J connectivity index is 0.00000220. The fraction of sp³-hybridized carbons (Fsp3) is 0.923. The molecule has 2 bridgehead atoms. The second-order valence-corrected chi connectivity index (χ2v) is 8.19. The van der Waals surface area contributed by atoms with E-state index in [1.807, 2.05) is 0 Å². The molecule has 2 saturated carbocycles. The first kappa shape index (κ1) is 18.7. The van der Waals surface area contributed by atoms with Gasteiger partial charge < -0.3 is 11.1 Å². The Morgan fingerprint density at radius 2 is 1.90 bits per heavy atom. The van der Waals surface area contributed by atoms with Crippen molar-refractivity contribution >= 4 is 28.3 Å². The van der Waals surface area contributed by atoms with Crippen LogP contribution in [0, 0.1) is 17.8 Å². The van der Waals surface area contributed by atoms with Crippen molar-refractivity contribution in [3.8, 4) is 0 Å². The second kappa shape index (κ2) is 7.26. The van der Waals surface area contributed by atoms with Crippen LogP contribution in [0.5, 0.6) is 0 Å². The van der Waals surface area contributed by atoms with Gasteiger partial charge in [-0.25, -0.2) is 13.1 Å². The summed E-state index contributed by atoms with van der Waals surface area (Å²) in [5, 5.41) is 2.73. The summed E-state index contributed by atoms with van der Waals surface area (Å²) in [7, 11) is -3.32. The van der Waals surface area contributed by atoms with E-state index in [0.29, 0.717) is 11.8 Å². The highest BCUT2D eigenvalue weighted by molar-refractivity contribution is 7.89. The van der Waals surface area contributed by atoms with Gasteiger partial charge in [0.1, 0.15) is 0 Å². The van der Waals surface area contributed by atoms with Gasteiger partial charge in [0, 0.05) is 18.6 Å². The standard InChI is InChI=1S/C13H25N3O3S.ClH/c1-8(2)16-20(18,19)6-5-15-13(17)11-9-3-4-10(7-9)12(11)14;/h8-12,16H,3-7,14H2,1-2H3,(H,15,17);1H. The summed E-state index contributed by atoms with van der Waals surface area (Å²) in [6, 6.07) is -0.186. The molecule has 0 radical (unpaired) electrons. The molecule has 4 unspecified atom stereocenters. The van der Waals surface area contributed by atoms with Gasteiger partial charge in [-0.15, -0.1) is 12.4 Å². The fourth-order valence-electron chi connectivity index (χ4n) is 3.57. The SMILES string of the molecule is CC(C)NS(=O)(=O)CCNC(=O)C1C2CCC(C2)C1N.Cl. The number of sulfonamides is 1. The number of nitrogens with one attached hydrogen (secondary N) is 2. The van der Waals surface area contributed by atoms with Gasteiger partial charge in [-0.3, -0.25) is 4.79 Å². The van der Waals surface area contributed by atoms with E-state index in [2.05, 4.69) is 10.0 Å². The zero-order chi connectivity index (χ0) is 14.9. The van der Waals surface area contributed by atoms with Crippen molar-refractivity contribution in [2.24, 2.45) is 23.5 Å². The van der Waals surface area contributed by atoms with Gasteiger partial charge >= 0.3 is 0 Å². The fourth-order valence-corrected chi connectivity index (χ4v) is 4.78. The molecule has 6 nitrogen and oxygen atoms in total. The molecule has 0 aliphatic heterocycles. The topological polar surface area (TPSA) is 101 Å². The largest absolute Gasteiger partial charge is 0.355 e. The van der Waals surface area contributed by atoms with E-state index in [1.165, 1.54) is 0 Å². The Bertz CT molecular complexity index is 467. The number of hydrogen-bond donors (Lipinski definition) is 3. The summed E-state index contributed by atoms with van der Waals surface area (Å²) in [4.78, 5) is 12.1. The first-order valence-electron chi connectivity index (χ1n) is 7.33. The van der Waals surface area contributed by atoms with E-state index in [4.69, 9.17) is 5.73 Å². The maximum absolute atomic E-state index is 12.1. The van der Waals surface area contributed by atoms with Gasteiger partial charge in [-0.1, -0.05) is 0 Å². The van der Waals surface area contributed by atoms with E-state index < -0.39 is 10.0 Å². The van der Waals surface area contributed by atoms with Crippen molar-refractivity contribution in [1.82, 2.24) is 10.0 Å². The Hall–Kier alpha value is -0.370. The molecule has 0 aromatic carbocycles. The van der Waals surface area contributed by atoms with Crippen molar-refractivity contribution in [2.75, 3.05) is 12.3 Å². The van der Waals surface area contributed by atoms with Crippen LogP contribution in [0.25, 0.3) is 0 Å². The van der Waals surface area contributed by atoms with Crippen LogP contribution in [-0.2, 0) is 14.8 Å². The minimum atomic E-state index is -3.32. The lowest BCUT2D eigenvalue weighted by Crippen LogP contribution is -2.46. The van der Waals surface area contributed by atoms with Crippen molar-refractivity contribution in [2.45, 2.75) is 45.2 Å². The van der Waals surface area contributed by atoms with Gasteiger partial charge in [-0.2, -0.15) is 0 Å². The van der Waals surface area contributed by atoms with Crippen molar-refractivity contribution in [1.29, 1.82) is 0 Å². The number of hydrogen-bond acceptors (Lipinski definition) is 4. The molecule has 0 aromatic rings. The molecular weight excluding hydrogens is 314 g/mol. The maximum Gasteiger partial charge on any atom is 0.225 e. The van der Waals surface area contributed by atoms with Crippen molar-refractivity contribution < 1.29 is 13.2 Å². The number of amides is 1. The lowest BCUT2D eigenvalue weighted by Gasteiger charge is -2.27. The van der Waals surface area contributed by atoms with E-state index in [-0.39, 0.29) is 48.6 Å². The minimum absolute atomic E-state index is 0. The van der Waals surface area contributed by atoms with Crippen LogP contribution in [0.1, 0.15) is 33.1 Å². The van der Waals surface area contributed by atoms with Crippen molar-refractivity contribution in [3.63, 3.8) is 0 Å². The van der Waals surface area contributed by atoms with Crippen molar-refractivity contribution in [3.05, 3.63) is 0 Å². The van der Waals surface area contributed by atoms with E-state index >= 15 is 0 Å². The first-order chi connectivity index (χ1) is 9.30. The van der Waals surface area contributed by atoms with E-state index in [1.54, 1.807) is 13.8 Å². The van der Waals surface area contributed by atoms with Crippen LogP contribution < -0.4 is 15.8 Å². The van der Waals surface area contributed by atoms with Crippen LogP contribution in [-0.4, -0.2) is 38.7 Å². The zero-order valence-electron chi connectivity index (χ0n) is 12.5. The van der Waals surface area contributed by atoms with Crippen LogP contribution in [0.15, 0.2) is 0 Å². The lowest BCUT2D eigenvalue weighted by molar-refractivity contribution is -0.126. The normalized spacial score (nSPS) is 31.2. The maximum atomic E-state index is 12.1. The summed E-state index contributed by atoms with van der Waals surface area (Å²) in [5.74, 6) is 0.564. The highest BCUT2D eigenvalue weighted by atomic mass is 35.5. The molecule has 4 N–H and O–H groups in total. The second-order valence-electron chi connectivity index (χ2n) is 6.32. The molecule has 2 aliphatic rings. The van der Waals surface area contributed by atoms with E-state index in [0.717, 1.165) is 19.3 Å². The molecule has 0 aromatic heterocycles. The Kier molecular flexibility index (Phi) is 6.46. The minimum Gasteiger partial charge on any atom is -0.355 e. The number of halogens is 1. The third kappa shape index (κ3) is 4.55. The van der Waals surface area contributed by atoms with Crippen LogP contribution in [0.2, 0.25) is 0 Å². The average molecular weight is 340 g/mol. The average Bonchev–Trinajstić information content (AvgIpc) is 2.86. The van der Waals surface area contributed by atoms with Crippen LogP contribution in [0.3, 0.4) is 0 Å². The predicted octanol–water partition coefficient (Wildman–Crippen LogP) is 0.226. The number of carbonyl (C=O) groups is 1. The number of fused-ring (bicyclic) bond motifs is 2. The molecule has 124 valence electrons. The summed E-state index contributed by atoms with van der Waals surface area (Å²) in [6.07, 6.45) is 3.25. The molecule has 0 spiro atoms. The van der Waals surface area contributed by atoms with Gasteiger partial charge in [0.05, 0.1) is 11.7 Å². The van der Waals surface area contributed by atoms with Gasteiger partial charge in [-0.05, 0) is 44.9 Å². The Morgan fingerprint density at radius 1 is 1.29 bits per heavy atom. The molecule has 2 fully saturated rings. The van der Waals surface area contributed by atoms with Crippen LogP contribution >= 0.6 is 12.4 Å². The number of nitrogens with two attached hydrogens (primary N) is 1. The van der Waals surface area contributed by atoms with Gasteiger partial charge in [0.15, 0.2) is 0 Å². The third-order valence-electron chi connectivity index (χ3n) is 4.37. The summed E-state index contributed by atoms with van der Waals surface area (Å²) >= 11 is 0. The summed E-state index contributed by atoms with van der Waals surface area (Å²) in [6.45, 7) is 3.68. The highest BCUT2D eigenvalue weighted by Crippen LogP contribution is 2.47. The number of rotatable bonds is 6. The molecule has 1 amide bonds. The smallest absolute Gasteiger partial charge is 0.225 e. The summed E-state index contributed by atoms with van der Waals surface area (Å²) < 4.78 is 25.8. The molecule has 0 heterocycles. The Morgan fingerprint density at radius 3 is 2.43 bits per heavy atom. The molecule has 0 saturated heterocycles. The lowest BCUT2D eigenvalue weighted by atomic mass is 9.84. The molecular formula is C13H26ClN3O3S. The zero-order valence-corrected chi connectivity index (χ0v) is 14.2. The molecule has 4 atom stereocenters. The number of carbonyl (C=O) groups excluding carboxylic acids is 1. The Labute approximate surface area is 133 Å². The molecule has 2 aliphatic carbocycles. The first-order valence-corrected chi connectivity index (χ1v) is 8.98. The van der Waals surface area contributed by atoms with Gasteiger partial charge in [0.2, 0.25) is 15.9 Å². The van der Waals surface area contributed by atoms with E-state index in [9.17, 15) is 13.2 Å². The highest BCUT2D eigenvalue weighted by Gasteiger charge is 2.48. The summed E-state index contributed by atoms with van der Waals surface area (Å²) in [5.41, 5.74) is 6.10. The molecule has 2 rings (SSSR count). The molecule has 21 heavy (non-hydrogen) atoms. The third-order valence-corrected chi connectivity index (χ3v) is 5.94. The quantitative estimate of drug-likeness (QED) is 0.644. The van der Waals surface area contributed by atoms with Gasteiger partial charge in [0.25, 0.3) is 0 Å². The predicted molar refractivity (Wildman–Crippen MR) is 84.6 cm³/mol. The van der Waals surface area contributed by atoms with Crippen LogP contribution in [0.4, 0.5) is 0 Å².